The lowest BCUT2D eigenvalue weighted by molar-refractivity contribution is 0.359. The van der Waals surface area contributed by atoms with E-state index >= 15 is 0 Å². The summed E-state index contributed by atoms with van der Waals surface area (Å²) in [7, 11) is 0. The first-order chi connectivity index (χ1) is 8.54. The average Bonchev–Trinajstić information content (AvgIpc) is 2.85. The molecule has 4 nitrogen and oxygen atoms in total. The Hall–Kier alpha value is -0.720. The van der Waals surface area contributed by atoms with E-state index in [-0.39, 0.29) is 6.04 Å². The number of hydrogen-bond donors (Lipinski definition) is 1. The van der Waals surface area contributed by atoms with E-state index in [1.54, 1.807) is 11.3 Å². The molecule has 0 aliphatic carbocycles. The molecular formula is C12H16BrN3OS. The van der Waals surface area contributed by atoms with Crippen molar-refractivity contribution in [1.82, 2.24) is 10.1 Å². The number of nitrogens with zero attached hydrogens (tertiary/aromatic N) is 2. The SMILES string of the molecule is CC(C)CC(N)Cc1nc(-c2cc(Br)cs2)no1. The van der Waals surface area contributed by atoms with Crippen molar-refractivity contribution in [2.24, 2.45) is 11.7 Å². The maximum Gasteiger partial charge on any atom is 0.228 e. The first-order valence-electron chi connectivity index (χ1n) is 5.87. The van der Waals surface area contributed by atoms with E-state index in [0.717, 1.165) is 15.8 Å². The third kappa shape index (κ3) is 3.63. The second kappa shape index (κ2) is 5.95. The summed E-state index contributed by atoms with van der Waals surface area (Å²) in [6, 6.07) is 2.06. The van der Waals surface area contributed by atoms with Gasteiger partial charge in [-0.15, -0.1) is 11.3 Å². The van der Waals surface area contributed by atoms with Crippen LogP contribution in [0.5, 0.6) is 0 Å². The smallest absolute Gasteiger partial charge is 0.228 e. The van der Waals surface area contributed by atoms with Crippen molar-refractivity contribution < 1.29 is 4.52 Å². The minimum Gasteiger partial charge on any atom is -0.339 e. The minimum absolute atomic E-state index is 0.0772. The lowest BCUT2D eigenvalue weighted by atomic mass is 10.0. The number of aromatic nitrogens is 2. The van der Waals surface area contributed by atoms with Crippen LogP contribution in [0.25, 0.3) is 10.7 Å². The summed E-state index contributed by atoms with van der Waals surface area (Å²) in [6.07, 6.45) is 1.60. The summed E-state index contributed by atoms with van der Waals surface area (Å²) < 4.78 is 6.26. The normalized spacial score (nSPS) is 13.2. The topological polar surface area (TPSA) is 64.9 Å². The largest absolute Gasteiger partial charge is 0.339 e. The summed E-state index contributed by atoms with van der Waals surface area (Å²) in [5.74, 6) is 1.83. The second-order valence-corrected chi connectivity index (χ2v) is 6.56. The van der Waals surface area contributed by atoms with Gasteiger partial charge in [-0.1, -0.05) is 19.0 Å². The molecule has 0 bridgehead atoms. The predicted octanol–water partition coefficient (Wildman–Crippen LogP) is 3.48. The predicted molar refractivity (Wildman–Crippen MR) is 76.4 cm³/mol. The molecule has 0 saturated carbocycles. The van der Waals surface area contributed by atoms with E-state index < -0.39 is 0 Å². The first-order valence-corrected chi connectivity index (χ1v) is 7.54. The lowest BCUT2D eigenvalue weighted by Gasteiger charge is -2.10. The van der Waals surface area contributed by atoms with E-state index in [4.69, 9.17) is 10.3 Å². The third-order valence-electron chi connectivity index (χ3n) is 2.47. The summed E-state index contributed by atoms with van der Waals surface area (Å²) >= 11 is 4.99. The van der Waals surface area contributed by atoms with Crippen molar-refractivity contribution in [1.29, 1.82) is 0 Å². The number of thiophene rings is 1. The molecule has 0 saturated heterocycles. The Bertz CT molecular complexity index is 509. The van der Waals surface area contributed by atoms with Crippen molar-refractivity contribution in [2.75, 3.05) is 0 Å². The van der Waals surface area contributed by atoms with E-state index in [9.17, 15) is 0 Å². The average molecular weight is 330 g/mol. The van der Waals surface area contributed by atoms with Gasteiger partial charge in [0.05, 0.1) is 4.88 Å². The van der Waals surface area contributed by atoms with Gasteiger partial charge in [0.2, 0.25) is 11.7 Å². The van der Waals surface area contributed by atoms with Crippen LogP contribution in [0.1, 0.15) is 26.2 Å². The van der Waals surface area contributed by atoms with Gasteiger partial charge in [0.15, 0.2) is 0 Å². The number of halogens is 1. The molecule has 0 aliphatic rings. The molecule has 2 aromatic rings. The summed E-state index contributed by atoms with van der Waals surface area (Å²) in [5.41, 5.74) is 6.03. The zero-order chi connectivity index (χ0) is 13.1. The molecule has 18 heavy (non-hydrogen) atoms. The molecule has 2 rings (SSSR count). The quantitative estimate of drug-likeness (QED) is 0.911. The minimum atomic E-state index is 0.0772. The summed E-state index contributed by atoms with van der Waals surface area (Å²) in [4.78, 5) is 5.37. The standard InChI is InChI=1S/C12H16BrN3OS/c1-7(2)3-9(14)5-11-15-12(16-17-11)10-4-8(13)6-18-10/h4,6-7,9H,3,5,14H2,1-2H3. The van der Waals surface area contributed by atoms with Gasteiger partial charge in [-0.25, -0.2) is 0 Å². The molecule has 0 aromatic carbocycles. The van der Waals surface area contributed by atoms with E-state index in [0.29, 0.717) is 24.1 Å². The van der Waals surface area contributed by atoms with Gasteiger partial charge in [0.25, 0.3) is 0 Å². The highest BCUT2D eigenvalue weighted by molar-refractivity contribution is 9.10. The zero-order valence-corrected chi connectivity index (χ0v) is 12.8. The van der Waals surface area contributed by atoms with E-state index in [2.05, 4.69) is 39.9 Å². The Labute approximate surface area is 119 Å². The molecule has 2 heterocycles. The number of rotatable bonds is 5. The van der Waals surface area contributed by atoms with Crippen LogP contribution in [0, 0.1) is 5.92 Å². The van der Waals surface area contributed by atoms with Crippen molar-refractivity contribution in [3.63, 3.8) is 0 Å². The van der Waals surface area contributed by atoms with E-state index in [1.165, 1.54) is 0 Å². The molecule has 2 aromatic heterocycles. The Morgan fingerprint density at radius 2 is 2.28 bits per heavy atom. The molecule has 98 valence electrons. The van der Waals surface area contributed by atoms with Gasteiger partial charge in [-0.2, -0.15) is 4.98 Å². The molecule has 0 aliphatic heterocycles. The fraction of sp³-hybridized carbons (Fsp3) is 0.500. The van der Waals surface area contributed by atoms with Crippen molar-refractivity contribution in [3.8, 4) is 10.7 Å². The Morgan fingerprint density at radius 3 is 2.89 bits per heavy atom. The number of nitrogens with two attached hydrogens (primary N) is 1. The van der Waals surface area contributed by atoms with Gasteiger partial charge in [0, 0.05) is 22.3 Å². The molecule has 1 unspecified atom stereocenters. The fourth-order valence-corrected chi connectivity index (χ4v) is 3.13. The lowest BCUT2D eigenvalue weighted by Crippen LogP contribution is -2.24. The van der Waals surface area contributed by atoms with Crippen LogP contribution in [0.4, 0.5) is 0 Å². The van der Waals surface area contributed by atoms with Crippen molar-refractivity contribution in [2.45, 2.75) is 32.7 Å². The third-order valence-corrected chi connectivity index (χ3v) is 4.15. The van der Waals surface area contributed by atoms with Crippen LogP contribution in [0.2, 0.25) is 0 Å². The van der Waals surface area contributed by atoms with Gasteiger partial charge in [-0.3, -0.25) is 0 Å². The van der Waals surface area contributed by atoms with Crippen molar-refractivity contribution >= 4 is 27.3 Å². The van der Waals surface area contributed by atoms with Crippen LogP contribution in [0.15, 0.2) is 20.4 Å². The molecule has 2 N–H and O–H groups in total. The highest BCUT2D eigenvalue weighted by Gasteiger charge is 2.14. The van der Waals surface area contributed by atoms with E-state index in [1.807, 2.05) is 11.4 Å². The van der Waals surface area contributed by atoms with Crippen LogP contribution in [-0.2, 0) is 6.42 Å². The van der Waals surface area contributed by atoms with Crippen LogP contribution < -0.4 is 5.73 Å². The molecule has 6 heteroatoms. The molecule has 0 spiro atoms. The first kappa shape index (κ1) is 13.7. The summed E-state index contributed by atoms with van der Waals surface area (Å²) in [5, 5.41) is 5.98. The van der Waals surface area contributed by atoms with Gasteiger partial charge in [-0.05, 0) is 34.3 Å². The number of hydrogen-bond acceptors (Lipinski definition) is 5. The Balaban J connectivity index is 2.02. The van der Waals surface area contributed by atoms with Crippen LogP contribution >= 0.6 is 27.3 Å². The molecule has 1 atom stereocenters. The summed E-state index contributed by atoms with van der Waals surface area (Å²) in [6.45, 7) is 4.31. The maximum absolute atomic E-state index is 6.03. The highest BCUT2D eigenvalue weighted by Crippen LogP contribution is 2.27. The zero-order valence-electron chi connectivity index (χ0n) is 10.4. The van der Waals surface area contributed by atoms with Gasteiger partial charge < -0.3 is 10.3 Å². The molecular weight excluding hydrogens is 314 g/mol. The molecule has 0 radical (unpaired) electrons. The Kier molecular flexibility index (Phi) is 4.53. The van der Waals surface area contributed by atoms with Gasteiger partial charge in [0.1, 0.15) is 0 Å². The monoisotopic (exact) mass is 329 g/mol. The fourth-order valence-electron chi connectivity index (χ4n) is 1.78. The van der Waals surface area contributed by atoms with Crippen LogP contribution in [-0.4, -0.2) is 16.2 Å². The molecule has 0 amide bonds. The second-order valence-electron chi connectivity index (χ2n) is 4.73. The van der Waals surface area contributed by atoms with Gasteiger partial charge >= 0.3 is 0 Å². The van der Waals surface area contributed by atoms with Crippen molar-refractivity contribution in [3.05, 3.63) is 21.8 Å². The highest BCUT2D eigenvalue weighted by atomic mass is 79.9. The molecule has 0 fully saturated rings. The Morgan fingerprint density at radius 1 is 1.50 bits per heavy atom. The van der Waals surface area contributed by atoms with Crippen LogP contribution in [0.3, 0.4) is 0 Å². The maximum atomic E-state index is 6.03.